The third kappa shape index (κ3) is 3.91. The van der Waals surface area contributed by atoms with Gasteiger partial charge >= 0.3 is 0 Å². The van der Waals surface area contributed by atoms with Crippen LogP contribution in [0.5, 0.6) is 5.75 Å². The maximum atomic E-state index is 12.7. The fourth-order valence-corrected chi connectivity index (χ4v) is 3.18. The number of carbonyl (C=O) groups is 1. The second-order valence-corrected chi connectivity index (χ2v) is 6.87. The summed E-state index contributed by atoms with van der Waals surface area (Å²) in [6.45, 7) is 4.39. The summed E-state index contributed by atoms with van der Waals surface area (Å²) in [7, 11) is 1.63. The number of hydrogen-bond acceptors (Lipinski definition) is 5. The highest BCUT2D eigenvalue weighted by Gasteiger charge is 2.21. The van der Waals surface area contributed by atoms with Gasteiger partial charge in [0.15, 0.2) is 5.76 Å². The number of amides is 1. The Balaban J connectivity index is 1.80. The van der Waals surface area contributed by atoms with Crippen LogP contribution in [0.1, 0.15) is 29.2 Å². The topological polar surface area (TPSA) is 55.6 Å². The van der Waals surface area contributed by atoms with Crippen LogP contribution in [0, 0.1) is 0 Å². The Morgan fingerprint density at radius 2 is 2.12 bits per heavy atom. The van der Waals surface area contributed by atoms with Gasteiger partial charge in [-0.25, -0.2) is 0 Å². The van der Waals surface area contributed by atoms with E-state index < -0.39 is 0 Å². The van der Waals surface area contributed by atoms with Crippen LogP contribution >= 0.6 is 11.3 Å². The largest absolute Gasteiger partial charge is 0.497 e. The Kier molecular flexibility index (Phi) is 5.19. The molecule has 3 aromatic rings. The summed E-state index contributed by atoms with van der Waals surface area (Å²) in [5.41, 5.74) is 1.61. The lowest BCUT2D eigenvalue weighted by molar-refractivity contribution is 0.0691. The molecule has 0 fully saturated rings. The average Bonchev–Trinajstić information content (AvgIpc) is 3.30. The van der Waals surface area contributed by atoms with E-state index in [4.69, 9.17) is 9.26 Å². The van der Waals surface area contributed by atoms with Crippen LogP contribution < -0.4 is 4.74 Å². The maximum Gasteiger partial charge on any atom is 0.264 e. The van der Waals surface area contributed by atoms with E-state index in [9.17, 15) is 4.79 Å². The van der Waals surface area contributed by atoms with Gasteiger partial charge in [0, 0.05) is 17.7 Å². The number of ether oxygens (including phenoxy) is 1. The SMILES string of the molecule is COc1cccc(-c2cc(CN(C(=O)c3cccs3)C(C)C)no2)c1. The van der Waals surface area contributed by atoms with Gasteiger partial charge in [0.05, 0.1) is 18.5 Å². The predicted molar refractivity (Wildman–Crippen MR) is 97.8 cm³/mol. The quantitative estimate of drug-likeness (QED) is 0.654. The number of benzene rings is 1. The number of carbonyl (C=O) groups excluding carboxylic acids is 1. The molecule has 0 atom stereocenters. The van der Waals surface area contributed by atoms with E-state index in [2.05, 4.69) is 5.16 Å². The van der Waals surface area contributed by atoms with E-state index in [0.717, 1.165) is 21.9 Å². The van der Waals surface area contributed by atoms with Crippen molar-refractivity contribution in [3.63, 3.8) is 0 Å². The lowest BCUT2D eigenvalue weighted by Gasteiger charge is -2.25. The summed E-state index contributed by atoms with van der Waals surface area (Å²) in [6.07, 6.45) is 0. The van der Waals surface area contributed by atoms with Crippen LogP contribution in [0.25, 0.3) is 11.3 Å². The predicted octanol–water partition coefficient (Wildman–Crippen LogP) is 4.46. The summed E-state index contributed by atoms with van der Waals surface area (Å²) in [5.74, 6) is 1.42. The molecule has 130 valence electrons. The van der Waals surface area contributed by atoms with Crippen molar-refractivity contribution in [3.05, 3.63) is 58.4 Å². The van der Waals surface area contributed by atoms with Crippen molar-refractivity contribution in [3.8, 4) is 17.1 Å². The van der Waals surface area contributed by atoms with Crippen LogP contribution in [-0.2, 0) is 6.54 Å². The van der Waals surface area contributed by atoms with Gasteiger partial charge in [0.2, 0.25) is 0 Å². The molecule has 25 heavy (non-hydrogen) atoms. The normalized spacial score (nSPS) is 10.9. The molecular weight excluding hydrogens is 336 g/mol. The summed E-state index contributed by atoms with van der Waals surface area (Å²) >= 11 is 1.44. The standard InChI is InChI=1S/C19H20N2O3S/c1-13(2)21(19(22)18-8-5-9-25-18)12-15-11-17(24-20-15)14-6-4-7-16(10-14)23-3/h4-11,13H,12H2,1-3H3. The molecule has 6 heteroatoms. The van der Waals surface area contributed by atoms with E-state index in [-0.39, 0.29) is 11.9 Å². The molecule has 2 heterocycles. The fraction of sp³-hybridized carbons (Fsp3) is 0.263. The van der Waals surface area contributed by atoms with Gasteiger partial charge in [0.1, 0.15) is 11.4 Å². The van der Waals surface area contributed by atoms with Crippen molar-refractivity contribution in [1.82, 2.24) is 10.1 Å². The molecule has 0 aliphatic rings. The molecule has 0 N–H and O–H groups in total. The fourth-order valence-electron chi connectivity index (χ4n) is 2.50. The van der Waals surface area contributed by atoms with Crippen LogP contribution in [-0.4, -0.2) is 29.1 Å². The Hall–Kier alpha value is -2.60. The van der Waals surface area contributed by atoms with Gasteiger partial charge in [-0.3, -0.25) is 4.79 Å². The van der Waals surface area contributed by atoms with Crippen LogP contribution in [0.3, 0.4) is 0 Å². The number of rotatable bonds is 6. The summed E-state index contributed by atoms with van der Waals surface area (Å²) < 4.78 is 10.7. The minimum atomic E-state index is 0.0101. The first-order chi connectivity index (χ1) is 12.1. The highest BCUT2D eigenvalue weighted by Crippen LogP contribution is 2.25. The molecule has 0 unspecified atom stereocenters. The second-order valence-electron chi connectivity index (χ2n) is 5.92. The monoisotopic (exact) mass is 356 g/mol. The zero-order chi connectivity index (χ0) is 17.8. The lowest BCUT2D eigenvalue weighted by Crippen LogP contribution is -2.36. The van der Waals surface area contributed by atoms with Crippen molar-refractivity contribution in [2.24, 2.45) is 0 Å². The van der Waals surface area contributed by atoms with Gasteiger partial charge in [0.25, 0.3) is 5.91 Å². The van der Waals surface area contributed by atoms with Crippen molar-refractivity contribution in [1.29, 1.82) is 0 Å². The molecule has 0 saturated carbocycles. The molecule has 0 saturated heterocycles. The third-order valence-electron chi connectivity index (χ3n) is 3.86. The van der Waals surface area contributed by atoms with E-state index in [1.807, 2.05) is 61.7 Å². The molecule has 0 radical (unpaired) electrons. The first-order valence-corrected chi connectivity index (χ1v) is 8.91. The highest BCUT2D eigenvalue weighted by molar-refractivity contribution is 7.12. The van der Waals surface area contributed by atoms with Gasteiger partial charge in [-0.1, -0.05) is 23.4 Å². The summed E-state index contributed by atoms with van der Waals surface area (Å²) in [4.78, 5) is 15.2. The number of nitrogens with zero attached hydrogens (tertiary/aromatic N) is 2. The summed E-state index contributed by atoms with van der Waals surface area (Å²) in [6, 6.07) is 13.3. The molecule has 0 aliphatic carbocycles. The molecule has 2 aromatic heterocycles. The van der Waals surface area contributed by atoms with E-state index in [0.29, 0.717) is 12.3 Å². The van der Waals surface area contributed by atoms with Crippen molar-refractivity contribution >= 4 is 17.2 Å². The number of thiophene rings is 1. The Labute approximate surface area is 150 Å². The van der Waals surface area contributed by atoms with Crippen molar-refractivity contribution < 1.29 is 14.1 Å². The van der Waals surface area contributed by atoms with E-state index in [1.54, 1.807) is 12.0 Å². The maximum absolute atomic E-state index is 12.7. The van der Waals surface area contributed by atoms with Gasteiger partial charge in [-0.2, -0.15) is 0 Å². The molecule has 0 spiro atoms. The van der Waals surface area contributed by atoms with Crippen molar-refractivity contribution in [2.75, 3.05) is 7.11 Å². The Bertz CT molecular complexity index is 840. The summed E-state index contributed by atoms with van der Waals surface area (Å²) in [5, 5.41) is 6.03. The molecule has 1 aromatic carbocycles. The van der Waals surface area contributed by atoms with Gasteiger partial charge < -0.3 is 14.2 Å². The smallest absolute Gasteiger partial charge is 0.264 e. The second kappa shape index (κ2) is 7.53. The zero-order valence-electron chi connectivity index (χ0n) is 14.4. The molecule has 0 aliphatic heterocycles. The zero-order valence-corrected chi connectivity index (χ0v) is 15.2. The minimum Gasteiger partial charge on any atom is -0.497 e. The number of methoxy groups -OCH3 is 1. The van der Waals surface area contributed by atoms with E-state index >= 15 is 0 Å². The Morgan fingerprint density at radius 1 is 1.28 bits per heavy atom. The van der Waals surface area contributed by atoms with Crippen LogP contribution in [0.4, 0.5) is 0 Å². The average molecular weight is 356 g/mol. The lowest BCUT2D eigenvalue weighted by atomic mass is 10.1. The molecule has 5 nitrogen and oxygen atoms in total. The van der Waals surface area contributed by atoms with Gasteiger partial charge in [-0.15, -0.1) is 11.3 Å². The van der Waals surface area contributed by atoms with Crippen LogP contribution in [0.15, 0.2) is 52.4 Å². The van der Waals surface area contributed by atoms with E-state index in [1.165, 1.54) is 11.3 Å². The minimum absolute atomic E-state index is 0.0101. The van der Waals surface area contributed by atoms with Crippen molar-refractivity contribution in [2.45, 2.75) is 26.4 Å². The third-order valence-corrected chi connectivity index (χ3v) is 4.72. The number of hydrogen-bond donors (Lipinski definition) is 0. The molecule has 3 rings (SSSR count). The highest BCUT2D eigenvalue weighted by atomic mass is 32.1. The number of aromatic nitrogens is 1. The van der Waals surface area contributed by atoms with Crippen LogP contribution in [0.2, 0.25) is 0 Å². The molecule has 0 bridgehead atoms. The first-order valence-electron chi connectivity index (χ1n) is 8.03. The molecular formula is C19H20N2O3S. The van der Waals surface area contributed by atoms with Gasteiger partial charge in [-0.05, 0) is 37.4 Å². The Morgan fingerprint density at radius 3 is 2.80 bits per heavy atom. The first kappa shape index (κ1) is 17.2. The molecule has 1 amide bonds.